The molecule has 0 heterocycles. The molecule has 14 heavy (non-hydrogen) atoms. The first-order valence-corrected chi connectivity index (χ1v) is 6.29. The minimum absolute atomic E-state index is 0.0741. The molecule has 1 aromatic carbocycles. The molecule has 2 nitrogen and oxygen atoms in total. The molecule has 7 heteroatoms. The molecule has 1 N–H and O–H groups in total. The maximum absolute atomic E-state index is 13.4. The first-order valence-electron chi connectivity index (χ1n) is 3.12. The average Bonchev–Trinajstić information content (AvgIpc) is 2.11. The summed E-state index contributed by atoms with van der Waals surface area (Å²) in [6.45, 7) is 0. The number of rotatable bonds is 1. The molecule has 0 fully saturated rings. The number of halogens is 5. The third kappa shape index (κ3) is 2.05. The van der Waals surface area contributed by atoms with Crippen LogP contribution in [0.3, 0.4) is 0 Å². The molecule has 0 bridgehead atoms. The molecule has 0 atom stereocenters. The highest BCUT2D eigenvalue weighted by Crippen LogP contribution is 2.41. The summed E-state index contributed by atoms with van der Waals surface area (Å²) in [5.41, 5.74) is -0.410. The van der Waals surface area contributed by atoms with Crippen LogP contribution >= 0.6 is 63.7 Å². The van der Waals surface area contributed by atoms with Crippen LogP contribution in [-0.4, -0.2) is 11.1 Å². The molecule has 0 saturated heterocycles. The van der Waals surface area contributed by atoms with Crippen LogP contribution in [0, 0.1) is 5.82 Å². The molecule has 0 unspecified atom stereocenters. The van der Waals surface area contributed by atoms with Crippen molar-refractivity contribution in [1.82, 2.24) is 0 Å². The van der Waals surface area contributed by atoms with Crippen molar-refractivity contribution in [3.05, 3.63) is 29.3 Å². The molecule has 0 aliphatic carbocycles. The fourth-order valence-corrected chi connectivity index (χ4v) is 3.03. The molecule has 0 aliphatic rings. The van der Waals surface area contributed by atoms with Gasteiger partial charge in [-0.15, -0.1) is 0 Å². The highest BCUT2D eigenvalue weighted by molar-refractivity contribution is 9.15. The van der Waals surface area contributed by atoms with Gasteiger partial charge in [-0.05, 0) is 63.7 Å². The van der Waals surface area contributed by atoms with Gasteiger partial charge in [0.15, 0.2) is 5.82 Å². The van der Waals surface area contributed by atoms with Crippen LogP contribution in [0.15, 0.2) is 17.9 Å². The highest BCUT2D eigenvalue weighted by Gasteiger charge is 2.23. The summed E-state index contributed by atoms with van der Waals surface area (Å²) < 4.78 is 14.6. The first-order chi connectivity index (χ1) is 6.37. The van der Waals surface area contributed by atoms with Crippen molar-refractivity contribution < 1.29 is 14.3 Å². The normalized spacial score (nSPS) is 10.4. The predicted octanol–water partition coefficient (Wildman–Crippen LogP) is 4.57. The zero-order valence-corrected chi connectivity index (χ0v) is 12.6. The van der Waals surface area contributed by atoms with Crippen molar-refractivity contribution in [2.75, 3.05) is 0 Å². The van der Waals surface area contributed by atoms with Gasteiger partial charge in [0.05, 0.1) is 13.4 Å². The second-order valence-corrected chi connectivity index (χ2v) is 5.42. The Kier molecular flexibility index (Phi) is 4.13. The number of carboxylic acids is 1. The maximum atomic E-state index is 13.4. The van der Waals surface area contributed by atoms with Gasteiger partial charge in [-0.2, -0.15) is 0 Å². The summed E-state index contributed by atoms with van der Waals surface area (Å²) in [5.74, 6) is -2.15. The van der Waals surface area contributed by atoms with Gasteiger partial charge in [-0.25, -0.2) is 9.18 Å². The van der Waals surface area contributed by atoms with E-state index in [2.05, 4.69) is 63.7 Å². The van der Waals surface area contributed by atoms with Gasteiger partial charge in [0.2, 0.25) is 0 Å². The Morgan fingerprint density at radius 3 is 1.86 bits per heavy atom. The fourth-order valence-electron chi connectivity index (χ4n) is 0.793. The average molecular weight is 456 g/mol. The number of hydrogen-bond donors (Lipinski definition) is 1. The molecule has 1 rings (SSSR count). The second-order valence-electron chi connectivity index (χ2n) is 2.25. The second kappa shape index (κ2) is 4.59. The smallest absolute Gasteiger partial charge is 0.339 e. The van der Waals surface area contributed by atoms with Gasteiger partial charge >= 0.3 is 5.97 Å². The van der Waals surface area contributed by atoms with Crippen LogP contribution in [0.5, 0.6) is 0 Å². The van der Waals surface area contributed by atoms with Crippen LogP contribution < -0.4 is 0 Å². The number of carboxylic acid groups (broad SMARTS) is 1. The van der Waals surface area contributed by atoms with E-state index in [1.54, 1.807) is 0 Å². The van der Waals surface area contributed by atoms with Gasteiger partial charge < -0.3 is 5.11 Å². The monoisotopic (exact) mass is 452 g/mol. The van der Waals surface area contributed by atoms with Crippen LogP contribution in [0.1, 0.15) is 10.4 Å². The summed E-state index contributed by atoms with van der Waals surface area (Å²) >= 11 is 12.2. The van der Waals surface area contributed by atoms with E-state index < -0.39 is 17.3 Å². The van der Waals surface area contributed by atoms with Crippen molar-refractivity contribution in [2.24, 2.45) is 0 Å². The summed E-state index contributed by atoms with van der Waals surface area (Å²) in [4.78, 5) is 10.7. The van der Waals surface area contributed by atoms with E-state index in [9.17, 15) is 9.18 Å². The number of carbonyl (C=O) groups is 1. The van der Waals surface area contributed by atoms with Crippen molar-refractivity contribution in [3.8, 4) is 0 Å². The Morgan fingerprint density at radius 1 is 1.00 bits per heavy atom. The van der Waals surface area contributed by atoms with E-state index in [-0.39, 0.29) is 8.95 Å². The predicted molar refractivity (Wildman–Crippen MR) is 64.2 cm³/mol. The van der Waals surface area contributed by atoms with Gasteiger partial charge in [0.1, 0.15) is 5.56 Å². The summed E-state index contributed by atoms with van der Waals surface area (Å²) in [5, 5.41) is 8.76. The minimum Gasteiger partial charge on any atom is -0.478 e. The fraction of sp³-hybridized carbons (Fsp3) is 0. The van der Waals surface area contributed by atoms with Crippen LogP contribution in [-0.2, 0) is 0 Å². The largest absolute Gasteiger partial charge is 0.478 e. The Balaban J connectivity index is 3.68. The molecule has 0 radical (unpaired) electrons. The molecular weight excluding hydrogens is 455 g/mol. The van der Waals surface area contributed by atoms with E-state index in [1.165, 1.54) is 0 Å². The maximum Gasteiger partial charge on any atom is 0.339 e. The standard InChI is InChI=1S/C7HBr4FO2/c8-2-1(7(13)14)6(12)5(11)4(10)3(2)9/h(H,13,14). The SMILES string of the molecule is O=C(O)c1c(F)c(Br)c(Br)c(Br)c1Br. The molecule has 0 spiro atoms. The van der Waals surface area contributed by atoms with E-state index >= 15 is 0 Å². The van der Waals surface area contributed by atoms with Crippen molar-refractivity contribution >= 4 is 69.7 Å². The van der Waals surface area contributed by atoms with Gasteiger partial charge in [0, 0.05) is 4.47 Å². The van der Waals surface area contributed by atoms with E-state index in [1.807, 2.05) is 0 Å². The Hall–Kier alpha value is 0.540. The zero-order chi connectivity index (χ0) is 11.0. The Morgan fingerprint density at radius 2 is 1.43 bits per heavy atom. The van der Waals surface area contributed by atoms with Gasteiger partial charge in [-0.1, -0.05) is 0 Å². The summed E-state index contributed by atoms with van der Waals surface area (Å²) in [6, 6.07) is 0. The molecular formula is C7HBr4FO2. The lowest BCUT2D eigenvalue weighted by atomic mass is 10.2. The zero-order valence-electron chi connectivity index (χ0n) is 6.25. The van der Waals surface area contributed by atoms with Crippen LogP contribution in [0.4, 0.5) is 4.39 Å². The van der Waals surface area contributed by atoms with Gasteiger partial charge in [-0.3, -0.25) is 0 Å². The lowest BCUT2D eigenvalue weighted by Crippen LogP contribution is -2.04. The van der Waals surface area contributed by atoms with Crippen molar-refractivity contribution in [3.63, 3.8) is 0 Å². The third-order valence-electron chi connectivity index (χ3n) is 1.42. The molecule has 0 aromatic heterocycles. The number of aromatic carboxylic acids is 1. The van der Waals surface area contributed by atoms with Gasteiger partial charge in [0.25, 0.3) is 0 Å². The van der Waals surface area contributed by atoms with E-state index in [0.29, 0.717) is 8.95 Å². The van der Waals surface area contributed by atoms with Crippen LogP contribution in [0.2, 0.25) is 0 Å². The summed E-state index contributed by atoms with van der Waals surface area (Å²) in [7, 11) is 0. The topological polar surface area (TPSA) is 37.3 Å². The molecule has 0 aliphatic heterocycles. The lowest BCUT2D eigenvalue weighted by Gasteiger charge is -2.08. The number of hydrogen-bond acceptors (Lipinski definition) is 1. The molecule has 1 aromatic rings. The van der Waals surface area contributed by atoms with E-state index in [0.717, 1.165) is 0 Å². The van der Waals surface area contributed by atoms with Crippen LogP contribution in [0.25, 0.3) is 0 Å². The van der Waals surface area contributed by atoms with Crippen molar-refractivity contribution in [2.45, 2.75) is 0 Å². The highest BCUT2D eigenvalue weighted by atomic mass is 79.9. The first kappa shape index (κ1) is 12.6. The van der Waals surface area contributed by atoms with Crippen molar-refractivity contribution in [1.29, 1.82) is 0 Å². The molecule has 0 amide bonds. The lowest BCUT2D eigenvalue weighted by molar-refractivity contribution is 0.0690. The molecule has 76 valence electrons. The molecule has 0 saturated carbocycles. The quantitative estimate of drug-likeness (QED) is 0.497. The summed E-state index contributed by atoms with van der Waals surface area (Å²) in [6.07, 6.45) is 0. The Labute approximate surface area is 112 Å². The Bertz CT molecular complexity index is 390. The third-order valence-corrected chi connectivity index (χ3v) is 6.14. The number of benzene rings is 1. The van der Waals surface area contributed by atoms with E-state index in [4.69, 9.17) is 5.11 Å². The minimum atomic E-state index is -1.33.